The van der Waals surface area contributed by atoms with Gasteiger partial charge in [-0.25, -0.2) is 0 Å². The molecule has 0 spiro atoms. The van der Waals surface area contributed by atoms with E-state index in [1.54, 1.807) is 13.0 Å². The van der Waals surface area contributed by atoms with Gasteiger partial charge in [0.05, 0.1) is 16.6 Å². The Bertz CT molecular complexity index is 692. The lowest BCUT2D eigenvalue weighted by molar-refractivity contribution is -0.119. The minimum atomic E-state index is -0.264. The van der Waals surface area contributed by atoms with Gasteiger partial charge in [0.25, 0.3) is 0 Å². The average molecular weight is 382 g/mol. The van der Waals surface area contributed by atoms with E-state index >= 15 is 0 Å². The Morgan fingerprint density at radius 2 is 1.72 bits per heavy atom. The number of nitrogens with two attached hydrogens (primary N) is 1. The first-order chi connectivity index (χ1) is 11.4. The molecule has 2 aromatic carbocycles. The van der Waals surface area contributed by atoms with Crippen LogP contribution in [0.2, 0.25) is 5.02 Å². The Balaban J connectivity index is 0.00000312. The van der Waals surface area contributed by atoms with E-state index in [0.717, 1.165) is 5.69 Å². The molecule has 25 heavy (non-hydrogen) atoms. The molecule has 0 radical (unpaired) electrons. The summed E-state index contributed by atoms with van der Waals surface area (Å²) >= 11 is 6.35. The molecule has 0 saturated heterocycles. The van der Waals surface area contributed by atoms with Crippen molar-refractivity contribution in [3.05, 3.63) is 59.1 Å². The SMILES string of the molecule is CC(Nc1ccc(NC(=O)C(C)C(C)N)cc1Cl)c1ccccc1.Cl. The van der Waals surface area contributed by atoms with E-state index in [1.165, 1.54) is 5.56 Å². The van der Waals surface area contributed by atoms with E-state index in [9.17, 15) is 4.79 Å². The van der Waals surface area contributed by atoms with Gasteiger partial charge in [0, 0.05) is 17.8 Å². The maximum atomic E-state index is 12.1. The zero-order valence-corrected chi connectivity index (χ0v) is 16.2. The summed E-state index contributed by atoms with van der Waals surface area (Å²) in [5.74, 6) is -0.376. The molecular weight excluding hydrogens is 357 g/mol. The Morgan fingerprint density at radius 1 is 1.08 bits per heavy atom. The van der Waals surface area contributed by atoms with Gasteiger partial charge in [-0.1, -0.05) is 48.9 Å². The molecule has 2 aromatic rings. The van der Waals surface area contributed by atoms with Crippen LogP contribution in [0, 0.1) is 5.92 Å². The van der Waals surface area contributed by atoms with Crippen LogP contribution in [0.4, 0.5) is 11.4 Å². The molecule has 2 rings (SSSR count). The highest BCUT2D eigenvalue weighted by molar-refractivity contribution is 6.33. The third-order valence-corrected chi connectivity index (χ3v) is 4.42. The van der Waals surface area contributed by atoms with Gasteiger partial charge < -0.3 is 16.4 Å². The summed E-state index contributed by atoms with van der Waals surface area (Å²) in [4.78, 5) is 12.1. The monoisotopic (exact) mass is 381 g/mol. The number of rotatable bonds is 6. The second-order valence-corrected chi connectivity index (χ2v) is 6.52. The predicted molar refractivity (Wildman–Crippen MR) is 109 cm³/mol. The summed E-state index contributed by atoms with van der Waals surface area (Å²) in [6, 6.07) is 15.5. The molecule has 0 bridgehead atoms. The summed E-state index contributed by atoms with van der Waals surface area (Å²) in [7, 11) is 0. The van der Waals surface area contributed by atoms with Crippen LogP contribution in [0.5, 0.6) is 0 Å². The second kappa shape index (κ2) is 9.66. The largest absolute Gasteiger partial charge is 0.377 e. The molecule has 3 unspecified atom stereocenters. The maximum Gasteiger partial charge on any atom is 0.228 e. The third-order valence-electron chi connectivity index (χ3n) is 4.11. The normalized spacial score (nSPS) is 14.0. The molecular formula is C19H25Cl2N3O. The fourth-order valence-electron chi connectivity index (χ4n) is 2.26. The number of carbonyl (C=O) groups is 1. The van der Waals surface area contributed by atoms with Gasteiger partial charge in [0.15, 0.2) is 0 Å². The van der Waals surface area contributed by atoms with Gasteiger partial charge in [-0.3, -0.25) is 4.79 Å². The molecule has 1 amide bonds. The van der Waals surface area contributed by atoms with Crippen LogP contribution >= 0.6 is 24.0 Å². The Labute approximate surface area is 160 Å². The fraction of sp³-hybridized carbons (Fsp3) is 0.316. The van der Waals surface area contributed by atoms with Crippen LogP contribution in [-0.4, -0.2) is 11.9 Å². The quantitative estimate of drug-likeness (QED) is 0.669. The van der Waals surface area contributed by atoms with Crippen LogP contribution in [-0.2, 0) is 4.79 Å². The van der Waals surface area contributed by atoms with Crippen molar-refractivity contribution in [3.63, 3.8) is 0 Å². The number of hydrogen-bond donors (Lipinski definition) is 3. The van der Waals surface area contributed by atoms with E-state index in [0.29, 0.717) is 10.7 Å². The van der Waals surface area contributed by atoms with Crippen LogP contribution in [0.25, 0.3) is 0 Å². The van der Waals surface area contributed by atoms with Gasteiger partial charge in [0.2, 0.25) is 5.91 Å². The fourth-order valence-corrected chi connectivity index (χ4v) is 2.50. The molecule has 4 N–H and O–H groups in total. The smallest absolute Gasteiger partial charge is 0.228 e. The molecule has 3 atom stereocenters. The Hall–Kier alpha value is -1.75. The second-order valence-electron chi connectivity index (χ2n) is 6.11. The number of amides is 1. The van der Waals surface area contributed by atoms with E-state index in [-0.39, 0.29) is 36.3 Å². The van der Waals surface area contributed by atoms with Crippen molar-refractivity contribution in [2.45, 2.75) is 32.9 Å². The summed E-state index contributed by atoms with van der Waals surface area (Å²) in [5, 5.41) is 6.79. The number of benzene rings is 2. The van der Waals surface area contributed by atoms with Crippen molar-refractivity contribution in [3.8, 4) is 0 Å². The van der Waals surface area contributed by atoms with E-state index in [4.69, 9.17) is 17.3 Å². The Kier molecular flexibility index (Phi) is 8.23. The molecule has 0 heterocycles. The standard InChI is InChI=1S/C19H24ClN3O.ClH/c1-12(13(2)21)19(24)23-16-9-10-18(17(20)11-16)22-14(3)15-7-5-4-6-8-15;/h4-14,22H,21H2,1-3H3,(H,23,24);1H. The van der Waals surface area contributed by atoms with Crippen LogP contribution in [0.1, 0.15) is 32.4 Å². The van der Waals surface area contributed by atoms with Crippen LogP contribution < -0.4 is 16.4 Å². The van der Waals surface area contributed by atoms with Crippen molar-refractivity contribution in [1.29, 1.82) is 0 Å². The zero-order valence-electron chi connectivity index (χ0n) is 14.6. The van der Waals surface area contributed by atoms with Gasteiger partial charge >= 0.3 is 0 Å². The highest BCUT2D eigenvalue weighted by atomic mass is 35.5. The van der Waals surface area contributed by atoms with E-state index in [2.05, 4.69) is 29.7 Å². The lowest BCUT2D eigenvalue weighted by atomic mass is 10.0. The molecule has 6 heteroatoms. The molecule has 0 aliphatic rings. The molecule has 0 aromatic heterocycles. The Morgan fingerprint density at radius 3 is 2.28 bits per heavy atom. The van der Waals surface area contributed by atoms with Crippen molar-refractivity contribution < 1.29 is 4.79 Å². The number of halogens is 2. The van der Waals surface area contributed by atoms with Gasteiger partial charge in [-0.05, 0) is 37.6 Å². The number of nitrogens with one attached hydrogen (secondary N) is 2. The summed E-state index contributed by atoms with van der Waals surface area (Å²) in [6.45, 7) is 5.69. The maximum absolute atomic E-state index is 12.1. The average Bonchev–Trinajstić information content (AvgIpc) is 2.57. The van der Waals surface area contributed by atoms with Gasteiger partial charge in [-0.2, -0.15) is 0 Å². The highest BCUT2D eigenvalue weighted by Gasteiger charge is 2.17. The minimum absolute atomic E-state index is 0. The summed E-state index contributed by atoms with van der Waals surface area (Å²) in [6.07, 6.45) is 0. The minimum Gasteiger partial charge on any atom is -0.377 e. The molecule has 0 saturated carbocycles. The lowest BCUT2D eigenvalue weighted by Gasteiger charge is -2.18. The number of anilines is 2. The summed E-state index contributed by atoms with van der Waals surface area (Å²) in [5.41, 5.74) is 8.42. The zero-order chi connectivity index (χ0) is 17.7. The lowest BCUT2D eigenvalue weighted by Crippen LogP contribution is -2.34. The van der Waals surface area contributed by atoms with Gasteiger partial charge in [0.1, 0.15) is 0 Å². The molecule has 0 fully saturated rings. The molecule has 4 nitrogen and oxygen atoms in total. The topological polar surface area (TPSA) is 67.1 Å². The number of carbonyl (C=O) groups excluding carboxylic acids is 1. The van der Waals surface area contributed by atoms with Crippen LogP contribution in [0.15, 0.2) is 48.5 Å². The van der Waals surface area contributed by atoms with Crippen LogP contribution in [0.3, 0.4) is 0 Å². The molecule has 0 aliphatic carbocycles. The third kappa shape index (κ3) is 5.92. The van der Waals surface area contributed by atoms with E-state index < -0.39 is 0 Å². The number of hydrogen-bond acceptors (Lipinski definition) is 3. The first kappa shape index (κ1) is 21.3. The predicted octanol–water partition coefficient (Wildman–Crippen LogP) is 4.86. The van der Waals surface area contributed by atoms with E-state index in [1.807, 2.05) is 37.3 Å². The van der Waals surface area contributed by atoms with Crippen molar-refractivity contribution in [2.24, 2.45) is 11.7 Å². The van der Waals surface area contributed by atoms with Crippen molar-refractivity contribution in [2.75, 3.05) is 10.6 Å². The summed E-state index contributed by atoms with van der Waals surface area (Å²) < 4.78 is 0. The highest BCUT2D eigenvalue weighted by Crippen LogP contribution is 2.29. The molecule has 136 valence electrons. The first-order valence-electron chi connectivity index (χ1n) is 8.06. The molecule has 0 aliphatic heterocycles. The van der Waals surface area contributed by atoms with Crippen molar-refractivity contribution >= 4 is 41.3 Å². The first-order valence-corrected chi connectivity index (χ1v) is 8.43. The van der Waals surface area contributed by atoms with Crippen molar-refractivity contribution in [1.82, 2.24) is 0 Å². The van der Waals surface area contributed by atoms with Gasteiger partial charge in [-0.15, -0.1) is 12.4 Å².